The minimum Gasteiger partial charge on any atom is -0.359 e. The van der Waals surface area contributed by atoms with Crippen molar-refractivity contribution in [1.82, 2.24) is 5.32 Å². The molecule has 5 rings (SSSR count). The lowest BCUT2D eigenvalue weighted by molar-refractivity contribution is -0.130. The first kappa shape index (κ1) is 14.3. The van der Waals surface area contributed by atoms with Crippen LogP contribution in [0.5, 0.6) is 0 Å². The molecule has 4 fully saturated rings. The van der Waals surface area contributed by atoms with E-state index in [1.807, 2.05) is 0 Å². The molecule has 0 radical (unpaired) electrons. The maximum Gasteiger partial charge on any atom is 0.220 e. The number of hydrogen-bond donors (Lipinski definition) is 1. The van der Waals surface area contributed by atoms with E-state index in [4.69, 9.17) is 0 Å². The molecule has 2 unspecified atom stereocenters. The van der Waals surface area contributed by atoms with Gasteiger partial charge in [0, 0.05) is 13.5 Å². The van der Waals surface area contributed by atoms with Crippen molar-refractivity contribution in [3.05, 3.63) is 35.4 Å². The van der Waals surface area contributed by atoms with E-state index >= 15 is 0 Å². The lowest BCUT2D eigenvalue weighted by Gasteiger charge is -2.62. The smallest absolute Gasteiger partial charge is 0.220 e. The summed E-state index contributed by atoms with van der Waals surface area (Å²) in [6.45, 7) is 2.16. The van der Waals surface area contributed by atoms with Crippen LogP contribution in [0.2, 0.25) is 0 Å². The molecule has 2 heteroatoms. The highest BCUT2D eigenvalue weighted by atomic mass is 16.1. The Morgan fingerprint density at radius 1 is 1.14 bits per heavy atom. The van der Waals surface area contributed by atoms with E-state index in [1.54, 1.807) is 7.05 Å². The van der Waals surface area contributed by atoms with E-state index in [0.29, 0.717) is 5.41 Å². The molecule has 0 aromatic heterocycles. The molecule has 2 nitrogen and oxygen atoms in total. The molecule has 0 spiro atoms. The van der Waals surface area contributed by atoms with Crippen molar-refractivity contribution in [2.75, 3.05) is 7.05 Å². The molecular formula is C20H27NO. The number of hydrogen-bond acceptors (Lipinski definition) is 1. The lowest BCUT2D eigenvalue weighted by atomic mass is 9.42. The quantitative estimate of drug-likeness (QED) is 0.898. The zero-order valence-corrected chi connectivity index (χ0v) is 13.8. The summed E-state index contributed by atoms with van der Waals surface area (Å²) in [7, 11) is 1.78. The number of amides is 1. The maximum absolute atomic E-state index is 12.1. The Kier molecular flexibility index (Phi) is 3.15. The zero-order valence-electron chi connectivity index (χ0n) is 13.8. The Morgan fingerprint density at radius 3 is 2.36 bits per heavy atom. The minimum atomic E-state index is 0.237. The van der Waals surface area contributed by atoms with Crippen LogP contribution in [0.4, 0.5) is 0 Å². The van der Waals surface area contributed by atoms with Gasteiger partial charge in [-0.1, -0.05) is 29.8 Å². The van der Waals surface area contributed by atoms with Crippen molar-refractivity contribution >= 4 is 5.91 Å². The Labute approximate surface area is 133 Å². The van der Waals surface area contributed by atoms with E-state index in [1.165, 1.54) is 49.7 Å². The van der Waals surface area contributed by atoms with Gasteiger partial charge in [-0.2, -0.15) is 0 Å². The predicted molar refractivity (Wildman–Crippen MR) is 88.7 cm³/mol. The molecule has 1 amide bonds. The zero-order chi connectivity index (χ0) is 15.4. The number of nitrogens with one attached hydrogen (secondary N) is 1. The summed E-state index contributed by atoms with van der Waals surface area (Å²) < 4.78 is 0. The highest BCUT2D eigenvalue weighted by Crippen LogP contribution is 2.66. The first-order valence-corrected chi connectivity index (χ1v) is 8.80. The fourth-order valence-electron chi connectivity index (χ4n) is 6.33. The molecule has 4 saturated carbocycles. The van der Waals surface area contributed by atoms with Gasteiger partial charge in [-0.25, -0.2) is 0 Å². The van der Waals surface area contributed by atoms with E-state index in [-0.39, 0.29) is 11.3 Å². The third-order valence-corrected chi connectivity index (χ3v) is 6.66. The normalized spacial score (nSPS) is 39.0. The molecule has 22 heavy (non-hydrogen) atoms. The fraction of sp³-hybridized carbons (Fsp3) is 0.650. The van der Waals surface area contributed by atoms with Gasteiger partial charge in [0.2, 0.25) is 5.91 Å². The maximum atomic E-state index is 12.1. The highest BCUT2D eigenvalue weighted by Gasteiger charge is 2.58. The van der Waals surface area contributed by atoms with Crippen molar-refractivity contribution in [3.8, 4) is 0 Å². The topological polar surface area (TPSA) is 29.1 Å². The predicted octanol–water partition coefficient (Wildman–Crippen LogP) is 3.97. The van der Waals surface area contributed by atoms with Crippen LogP contribution in [-0.4, -0.2) is 13.0 Å². The van der Waals surface area contributed by atoms with Gasteiger partial charge in [-0.15, -0.1) is 0 Å². The average Bonchev–Trinajstić information content (AvgIpc) is 2.45. The molecule has 118 valence electrons. The van der Waals surface area contributed by atoms with Crippen molar-refractivity contribution in [2.24, 2.45) is 17.3 Å². The van der Waals surface area contributed by atoms with Crippen LogP contribution in [-0.2, 0) is 10.2 Å². The van der Waals surface area contributed by atoms with Crippen LogP contribution in [0.1, 0.15) is 56.1 Å². The molecule has 1 aromatic rings. The molecule has 4 aliphatic rings. The largest absolute Gasteiger partial charge is 0.359 e. The van der Waals surface area contributed by atoms with Crippen LogP contribution in [0, 0.1) is 24.2 Å². The second-order valence-electron chi connectivity index (χ2n) is 8.46. The highest BCUT2D eigenvalue weighted by molar-refractivity contribution is 5.76. The van der Waals surface area contributed by atoms with Crippen molar-refractivity contribution in [3.63, 3.8) is 0 Å². The molecule has 0 heterocycles. The van der Waals surface area contributed by atoms with Gasteiger partial charge in [-0.3, -0.25) is 4.79 Å². The number of carbonyl (C=O) groups is 1. The molecule has 1 aromatic carbocycles. The van der Waals surface area contributed by atoms with Gasteiger partial charge >= 0.3 is 0 Å². The third-order valence-electron chi connectivity index (χ3n) is 6.66. The Hall–Kier alpha value is -1.31. The number of carbonyl (C=O) groups excluding carboxylic acids is 1. The number of rotatable bonds is 3. The van der Waals surface area contributed by atoms with Crippen LogP contribution in [0.3, 0.4) is 0 Å². The number of benzene rings is 1. The summed E-state index contributed by atoms with van der Waals surface area (Å²) in [6.07, 6.45) is 8.63. The Balaban J connectivity index is 1.69. The van der Waals surface area contributed by atoms with Gasteiger partial charge in [-0.05, 0) is 73.7 Å². The summed E-state index contributed by atoms with van der Waals surface area (Å²) in [5, 5.41) is 2.86. The molecule has 0 aliphatic heterocycles. The molecule has 1 N–H and O–H groups in total. The van der Waals surface area contributed by atoms with E-state index in [2.05, 4.69) is 36.5 Å². The first-order valence-electron chi connectivity index (χ1n) is 8.80. The molecule has 2 atom stereocenters. The second-order valence-corrected chi connectivity index (χ2v) is 8.46. The van der Waals surface area contributed by atoms with E-state index in [0.717, 1.165) is 18.3 Å². The Morgan fingerprint density at radius 2 is 1.77 bits per heavy atom. The molecular weight excluding hydrogens is 270 g/mol. The average molecular weight is 297 g/mol. The van der Waals surface area contributed by atoms with Gasteiger partial charge in [0.1, 0.15) is 0 Å². The first-order chi connectivity index (χ1) is 10.5. The summed E-state index contributed by atoms with van der Waals surface area (Å²) in [5.41, 5.74) is 3.50. The fourth-order valence-corrected chi connectivity index (χ4v) is 6.33. The van der Waals surface area contributed by atoms with Gasteiger partial charge in [0.15, 0.2) is 0 Å². The summed E-state index contributed by atoms with van der Waals surface area (Å²) >= 11 is 0. The third kappa shape index (κ3) is 2.19. The lowest BCUT2D eigenvalue weighted by Crippen LogP contribution is -2.55. The summed E-state index contributed by atoms with van der Waals surface area (Å²) in [6, 6.07) is 9.24. The SMILES string of the molecule is CNC(=O)CC12CC3CC(C1)CC(c1ccc(C)cc1)(C3)C2. The molecule has 4 aliphatic carbocycles. The molecule has 4 bridgehead atoms. The van der Waals surface area contributed by atoms with Crippen LogP contribution >= 0.6 is 0 Å². The van der Waals surface area contributed by atoms with E-state index < -0.39 is 0 Å². The van der Waals surface area contributed by atoms with Gasteiger partial charge < -0.3 is 5.32 Å². The van der Waals surface area contributed by atoms with Gasteiger partial charge in [0.25, 0.3) is 0 Å². The Bertz CT molecular complexity index is 574. The standard InChI is InChI=1S/C20H27NO/c1-14-3-5-17(6-4-14)20-10-15-7-16(11-20)9-19(8-15,13-20)12-18(22)21-2/h3-6,15-16H,7-13H2,1-2H3,(H,21,22). The molecule has 0 saturated heterocycles. The number of aryl methyl sites for hydroxylation is 1. The van der Waals surface area contributed by atoms with Crippen molar-refractivity contribution < 1.29 is 4.79 Å². The summed E-state index contributed by atoms with van der Waals surface area (Å²) in [4.78, 5) is 12.1. The van der Waals surface area contributed by atoms with Crippen LogP contribution in [0.15, 0.2) is 24.3 Å². The van der Waals surface area contributed by atoms with Crippen LogP contribution < -0.4 is 5.32 Å². The van der Waals surface area contributed by atoms with Crippen LogP contribution in [0.25, 0.3) is 0 Å². The van der Waals surface area contributed by atoms with Crippen molar-refractivity contribution in [1.29, 1.82) is 0 Å². The van der Waals surface area contributed by atoms with Crippen molar-refractivity contribution in [2.45, 2.75) is 57.3 Å². The monoisotopic (exact) mass is 297 g/mol. The van der Waals surface area contributed by atoms with E-state index in [9.17, 15) is 4.79 Å². The second kappa shape index (κ2) is 4.84. The van der Waals surface area contributed by atoms with Gasteiger partial charge in [0.05, 0.1) is 0 Å². The minimum absolute atomic E-state index is 0.237. The summed E-state index contributed by atoms with van der Waals surface area (Å²) in [5.74, 6) is 1.92.